The highest BCUT2D eigenvalue weighted by atomic mass is 32.2. The Kier molecular flexibility index (Phi) is 7.74. The van der Waals surface area contributed by atoms with Crippen molar-refractivity contribution in [2.75, 3.05) is 24.2 Å². The molecule has 3 heterocycles. The van der Waals surface area contributed by atoms with Gasteiger partial charge in [-0.05, 0) is 37.3 Å². The van der Waals surface area contributed by atoms with Crippen LogP contribution >= 0.6 is 0 Å². The Morgan fingerprint density at radius 1 is 1.42 bits per heavy atom. The number of allylic oxidation sites excluding steroid dienone is 1. The highest BCUT2D eigenvalue weighted by Gasteiger charge is 2.32. The van der Waals surface area contributed by atoms with Gasteiger partial charge >= 0.3 is 0 Å². The van der Waals surface area contributed by atoms with Crippen molar-refractivity contribution in [1.82, 2.24) is 24.7 Å². The second-order valence-corrected chi connectivity index (χ2v) is 9.00. The van der Waals surface area contributed by atoms with E-state index in [0.717, 1.165) is 24.9 Å². The lowest BCUT2D eigenvalue weighted by atomic mass is 9.85. The standard InChI is InChI=1S/C20H27F2N7OS/c1-12-6-14(8-27-31(3)30)10-29(13(12)2)19-7-16(25-11-26-19)17-9-24-18(28-17)5-4-15(23)20(21)22/h4-5,7,9,11-14,20,23,27H,6,8,10H2,1-3H3,(H,24,28)/b5-4-,23-15?. The normalized spacial score (nSPS) is 22.9. The predicted molar refractivity (Wildman–Crippen MR) is 119 cm³/mol. The van der Waals surface area contributed by atoms with Crippen LogP contribution in [-0.4, -0.2) is 62.0 Å². The molecule has 2 aromatic heterocycles. The smallest absolute Gasteiger partial charge is 0.279 e. The van der Waals surface area contributed by atoms with Crippen molar-refractivity contribution in [3.05, 3.63) is 30.5 Å². The molecule has 1 aliphatic rings. The molecule has 31 heavy (non-hydrogen) atoms. The summed E-state index contributed by atoms with van der Waals surface area (Å²) in [5, 5.41) is 7.18. The van der Waals surface area contributed by atoms with Crippen LogP contribution in [-0.2, 0) is 11.4 Å². The van der Waals surface area contributed by atoms with E-state index in [0.29, 0.717) is 35.6 Å². The number of halogens is 2. The van der Waals surface area contributed by atoms with Gasteiger partial charge in [-0.3, -0.25) is 5.41 Å². The van der Waals surface area contributed by atoms with Gasteiger partial charge in [-0.25, -0.2) is 23.7 Å². The fourth-order valence-corrected chi connectivity index (χ4v) is 4.15. The summed E-state index contributed by atoms with van der Waals surface area (Å²) in [5.74, 6) is 1.94. The van der Waals surface area contributed by atoms with Crippen LogP contribution in [0, 0.1) is 17.2 Å². The van der Waals surface area contributed by atoms with E-state index in [1.54, 1.807) is 12.5 Å². The van der Waals surface area contributed by atoms with Gasteiger partial charge in [-0.15, -0.1) is 4.72 Å². The third-order valence-electron chi connectivity index (χ3n) is 5.52. The molecule has 0 aliphatic carbocycles. The molecule has 0 amide bonds. The largest absolute Gasteiger partial charge is 0.598 e. The first-order valence-electron chi connectivity index (χ1n) is 10.00. The van der Waals surface area contributed by atoms with Crippen LogP contribution in [0.1, 0.15) is 26.1 Å². The molecule has 3 N–H and O–H groups in total. The number of nitrogens with one attached hydrogen (secondary N) is 3. The third kappa shape index (κ3) is 6.08. The van der Waals surface area contributed by atoms with Crippen molar-refractivity contribution in [3.8, 4) is 11.4 Å². The van der Waals surface area contributed by atoms with Gasteiger partial charge < -0.3 is 14.4 Å². The summed E-state index contributed by atoms with van der Waals surface area (Å²) in [5.41, 5.74) is 0.492. The molecular formula is C20H27F2N7OS. The van der Waals surface area contributed by atoms with Crippen molar-refractivity contribution in [2.24, 2.45) is 11.8 Å². The molecule has 0 bridgehead atoms. The van der Waals surface area contributed by atoms with Gasteiger partial charge in [0.25, 0.3) is 6.43 Å². The number of alkyl halides is 2. The molecule has 4 unspecified atom stereocenters. The Hall–Kier alpha value is -2.37. The molecular weight excluding hydrogens is 424 g/mol. The van der Waals surface area contributed by atoms with Gasteiger partial charge in [0.05, 0.1) is 23.3 Å². The number of hydrogen-bond acceptors (Lipinski definition) is 7. The highest BCUT2D eigenvalue weighted by Crippen LogP contribution is 2.31. The molecule has 3 rings (SSSR count). The van der Waals surface area contributed by atoms with Crippen LogP contribution in [0.15, 0.2) is 24.7 Å². The molecule has 4 atom stereocenters. The number of aromatic nitrogens is 4. The monoisotopic (exact) mass is 451 g/mol. The molecule has 0 aromatic carbocycles. The molecule has 8 nitrogen and oxygen atoms in total. The maximum atomic E-state index is 12.4. The van der Waals surface area contributed by atoms with E-state index < -0.39 is 23.5 Å². The number of rotatable bonds is 8. The van der Waals surface area contributed by atoms with Crippen molar-refractivity contribution in [2.45, 2.75) is 32.7 Å². The summed E-state index contributed by atoms with van der Waals surface area (Å²) in [6.45, 7) is 5.85. The van der Waals surface area contributed by atoms with Gasteiger partial charge in [0.1, 0.15) is 24.2 Å². The summed E-state index contributed by atoms with van der Waals surface area (Å²) in [6, 6.07) is 2.16. The first kappa shape index (κ1) is 23.3. The first-order valence-corrected chi connectivity index (χ1v) is 11.6. The van der Waals surface area contributed by atoms with Crippen LogP contribution in [0.4, 0.5) is 14.6 Å². The van der Waals surface area contributed by atoms with Crippen molar-refractivity contribution in [1.29, 1.82) is 5.41 Å². The van der Waals surface area contributed by atoms with Crippen LogP contribution in [0.5, 0.6) is 0 Å². The Morgan fingerprint density at radius 3 is 2.90 bits per heavy atom. The number of anilines is 1. The first-order chi connectivity index (χ1) is 14.7. The van der Waals surface area contributed by atoms with E-state index >= 15 is 0 Å². The molecule has 1 aliphatic heterocycles. The summed E-state index contributed by atoms with van der Waals surface area (Å²) in [4.78, 5) is 18.2. The molecule has 1 saturated heterocycles. The van der Waals surface area contributed by atoms with Gasteiger partial charge in [-0.1, -0.05) is 6.92 Å². The van der Waals surface area contributed by atoms with Crippen LogP contribution in [0.2, 0.25) is 0 Å². The number of nitrogens with zero attached hydrogens (tertiary/aromatic N) is 4. The number of aromatic amines is 1. The number of imidazole rings is 1. The maximum absolute atomic E-state index is 12.4. The lowest BCUT2D eigenvalue weighted by Gasteiger charge is -2.42. The summed E-state index contributed by atoms with van der Waals surface area (Å²) >= 11 is -1.04. The second-order valence-electron chi connectivity index (χ2n) is 7.81. The maximum Gasteiger partial charge on any atom is 0.279 e. The van der Waals surface area contributed by atoms with Crippen molar-refractivity contribution in [3.63, 3.8) is 0 Å². The molecule has 11 heteroatoms. The van der Waals surface area contributed by atoms with Gasteiger partial charge in [-0.2, -0.15) is 0 Å². The zero-order valence-corrected chi connectivity index (χ0v) is 18.5. The Morgan fingerprint density at radius 2 is 2.19 bits per heavy atom. The van der Waals surface area contributed by atoms with E-state index in [9.17, 15) is 13.3 Å². The Labute approximate surface area is 183 Å². The average molecular weight is 452 g/mol. The number of piperidine rings is 1. The van der Waals surface area contributed by atoms with Crippen molar-refractivity contribution >= 4 is 29.0 Å². The molecule has 0 spiro atoms. The van der Waals surface area contributed by atoms with E-state index in [1.807, 2.05) is 6.07 Å². The second kappa shape index (κ2) is 10.3. The number of H-pyrrole nitrogens is 1. The van der Waals surface area contributed by atoms with Crippen LogP contribution < -0.4 is 9.62 Å². The van der Waals surface area contributed by atoms with Gasteiger partial charge in [0, 0.05) is 36.6 Å². The summed E-state index contributed by atoms with van der Waals surface area (Å²) in [6.07, 6.45) is 5.28. The Balaban J connectivity index is 1.77. The topological polar surface area (TPSA) is 117 Å². The van der Waals surface area contributed by atoms with Crippen LogP contribution in [0.3, 0.4) is 0 Å². The third-order valence-corrected chi connectivity index (χ3v) is 6.10. The summed E-state index contributed by atoms with van der Waals surface area (Å²) in [7, 11) is 0. The SMILES string of the molecule is CC1CC(CN[S+](C)[O-])CN(c2cc(-c3cnc(/C=C\C(=N)C(F)F)[nH]3)ncn2)C1C. The van der Waals surface area contributed by atoms with Gasteiger partial charge in [0.2, 0.25) is 0 Å². The molecule has 0 radical (unpaired) electrons. The number of hydrogen-bond donors (Lipinski definition) is 3. The van der Waals surface area contributed by atoms with E-state index in [4.69, 9.17) is 5.41 Å². The fraction of sp³-hybridized carbons (Fsp3) is 0.500. The highest BCUT2D eigenvalue weighted by molar-refractivity contribution is 7.88. The van der Waals surface area contributed by atoms with Gasteiger partial charge in [0.15, 0.2) is 0 Å². The predicted octanol–water partition coefficient (Wildman–Crippen LogP) is 2.90. The molecule has 168 valence electrons. The lowest BCUT2D eigenvalue weighted by Crippen LogP contribution is -2.49. The lowest BCUT2D eigenvalue weighted by molar-refractivity contribution is 0.226. The minimum absolute atomic E-state index is 0.284. The van der Waals surface area contributed by atoms with Crippen LogP contribution in [0.25, 0.3) is 17.5 Å². The zero-order chi connectivity index (χ0) is 22.5. The zero-order valence-electron chi connectivity index (χ0n) is 17.7. The minimum atomic E-state index is -2.82. The quantitative estimate of drug-likeness (QED) is 0.420. The van der Waals surface area contributed by atoms with E-state index in [2.05, 4.69) is 43.4 Å². The average Bonchev–Trinajstić information content (AvgIpc) is 3.21. The molecule has 1 fully saturated rings. The minimum Gasteiger partial charge on any atom is -0.598 e. The Bertz CT molecular complexity index is 920. The summed E-state index contributed by atoms with van der Waals surface area (Å²) < 4.78 is 39.3. The van der Waals surface area contributed by atoms with E-state index in [1.165, 1.54) is 12.4 Å². The van der Waals surface area contributed by atoms with Crippen molar-refractivity contribution < 1.29 is 13.3 Å². The fourth-order valence-electron chi connectivity index (χ4n) is 3.68. The molecule has 2 aromatic rings. The molecule has 0 saturated carbocycles. The van der Waals surface area contributed by atoms with E-state index in [-0.39, 0.29) is 6.04 Å².